The van der Waals surface area contributed by atoms with Crippen LogP contribution in [-0.2, 0) is 0 Å². The smallest absolute Gasteiger partial charge is 0.261 e. The summed E-state index contributed by atoms with van der Waals surface area (Å²) in [6, 6.07) is 92.5. The maximum Gasteiger partial charge on any atom is 0.261 e. The van der Waals surface area contributed by atoms with Crippen molar-refractivity contribution in [2.24, 2.45) is 0 Å². The van der Waals surface area contributed by atoms with Gasteiger partial charge in [-0.25, -0.2) is 0 Å². The van der Waals surface area contributed by atoms with Crippen molar-refractivity contribution in [3.63, 3.8) is 0 Å². The zero-order valence-electron chi connectivity index (χ0n) is 45.0. The Labute approximate surface area is 483 Å². The molecule has 0 unspecified atom stereocenters. The maximum atomic E-state index is 7.70. The minimum Gasteiger partial charge on any atom is -0.459 e. The SMILES string of the molecule is c1ccc(N2c3cc(-n4c5ccccc5c5ccccc54)cc4c3B(c3c2ccc2c3Oc3cccc5c3B2c2cc3ccccc3cc2O5)c2c(ccc3c2Oc2cccc5c2B3c2cc3ccccc3cc2O5)N4c2ccccc2)cc1. The van der Waals surface area contributed by atoms with Gasteiger partial charge in [-0.15, -0.1) is 0 Å². The molecule has 6 aliphatic rings. The van der Waals surface area contributed by atoms with Crippen LogP contribution in [0.1, 0.15) is 0 Å². The summed E-state index contributed by atoms with van der Waals surface area (Å²) in [6.45, 7) is -0.796. The Morgan fingerprint density at radius 2 is 0.655 bits per heavy atom. The summed E-state index contributed by atoms with van der Waals surface area (Å²) in [6.07, 6.45) is 0. The zero-order valence-corrected chi connectivity index (χ0v) is 45.0. The topological polar surface area (TPSA) is 48.3 Å². The highest BCUT2D eigenvalue weighted by Crippen LogP contribution is 2.50. The number of nitrogens with zero attached hydrogens (tertiary/aromatic N) is 3. The first-order valence-corrected chi connectivity index (χ1v) is 28.9. The second-order valence-corrected chi connectivity index (χ2v) is 23.0. The Balaban J connectivity index is 0.934. The van der Waals surface area contributed by atoms with Crippen molar-refractivity contribution in [3.05, 3.63) is 255 Å². The molecule has 0 aliphatic carbocycles. The molecule has 20 rings (SSSR count). The molecule has 6 aliphatic heterocycles. The second kappa shape index (κ2) is 16.4. The number of hydrogen-bond donors (Lipinski definition) is 0. The minimum absolute atomic E-state index is 0.189. The molecule has 0 radical (unpaired) electrons. The molecule has 0 N–H and O–H groups in total. The third kappa shape index (κ3) is 5.93. The maximum absolute atomic E-state index is 7.70. The molecule has 0 amide bonds. The molecule has 1 aromatic heterocycles. The van der Waals surface area contributed by atoms with E-state index in [1.54, 1.807) is 0 Å². The largest absolute Gasteiger partial charge is 0.459 e. The van der Waals surface area contributed by atoms with Crippen LogP contribution in [0.5, 0.6) is 46.0 Å². The van der Waals surface area contributed by atoms with Crippen LogP contribution in [0.15, 0.2) is 255 Å². The fourth-order valence-electron chi connectivity index (χ4n) is 15.3. The summed E-state index contributed by atoms with van der Waals surface area (Å²) >= 11 is 0. The van der Waals surface area contributed by atoms with Crippen molar-refractivity contribution in [2.75, 3.05) is 9.80 Å². The van der Waals surface area contributed by atoms with E-state index < -0.39 is 6.71 Å². The molecule has 0 saturated carbocycles. The molecule has 7 heterocycles. The average Bonchev–Trinajstić information content (AvgIpc) is 0.824. The van der Waals surface area contributed by atoms with Crippen molar-refractivity contribution in [3.8, 4) is 51.7 Å². The monoisotopic (exact) mass is 1070 g/mol. The second-order valence-electron chi connectivity index (χ2n) is 23.0. The quantitative estimate of drug-likeness (QED) is 0.164. The van der Waals surface area contributed by atoms with E-state index in [9.17, 15) is 0 Å². The molecule has 0 fully saturated rings. The number of para-hydroxylation sites is 4. The summed E-state index contributed by atoms with van der Waals surface area (Å²) in [5.74, 6) is 6.60. The van der Waals surface area contributed by atoms with Crippen LogP contribution >= 0.6 is 0 Å². The number of hydrogen-bond acceptors (Lipinski definition) is 6. The Kier molecular flexibility index (Phi) is 8.78. The van der Waals surface area contributed by atoms with Crippen molar-refractivity contribution in [2.45, 2.75) is 0 Å². The average molecular weight is 1070 g/mol. The van der Waals surface area contributed by atoms with E-state index >= 15 is 0 Å². The first-order chi connectivity index (χ1) is 41.7. The lowest BCUT2D eigenvalue weighted by molar-refractivity contribution is 0.466. The first kappa shape index (κ1) is 44.9. The minimum atomic E-state index is -0.418. The van der Waals surface area contributed by atoms with Crippen molar-refractivity contribution in [1.82, 2.24) is 4.57 Å². The van der Waals surface area contributed by atoms with Gasteiger partial charge in [-0.1, -0.05) is 158 Å². The highest BCUT2D eigenvalue weighted by molar-refractivity contribution is 7.05. The lowest BCUT2D eigenvalue weighted by atomic mass is 9.29. The van der Waals surface area contributed by atoms with E-state index in [2.05, 4.69) is 269 Å². The van der Waals surface area contributed by atoms with E-state index in [-0.39, 0.29) is 13.4 Å². The molecule has 0 atom stereocenters. The van der Waals surface area contributed by atoms with Gasteiger partial charge in [-0.2, -0.15) is 0 Å². The predicted octanol–water partition coefficient (Wildman–Crippen LogP) is 12.6. The van der Waals surface area contributed by atoms with Crippen molar-refractivity contribution >= 4 is 147 Å². The zero-order chi connectivity index (χ0) is 54.5. The van der Waals surface area contributed by atoms with Crippen LogP contribution < -0.4 is 77.9 Å². The van der Waals surface area contributed by atoms with Gasteiger partial charge in [0, 0.05) is 55.8 Å². The molecule has 386 valence electrons. The number of anilines is 6. The molecule has 84 heavy (non-hydrogen) atoms. The number of rotatable bonds is 3. The molecular formula is C74H42B3N3O4. The van der Waals surface area contributed by atoms with Gasteiger partial charge in [-0.05, 0) is 157 Å². The lowest BCUT2D eigenvalue weighted by Crippen LogP contribution is -2.66. The third-order valence-corrected chi connectivity index (χ3v) is 18.7. The summed E-state index contributed by atoms with van der Waals surface area (Å²) in [5.41, 5.74) is 19.4. The van der Waals surface area contributed by atoms with Crippen LogP contribution in [-0.4, -0.2) is 24.7 Å². The van der Waals surface area contributed by atoms with Crippen molar-refractivity contribution in [1.29, 1.82) is 0 Å². The summed E-state index contributed by atoms with van der Waals surface area (Å²) < 4.78 is 31.7. The van der Waals surface area contributed by atoms with Crippen molar-refractivity contribution < 1.29 is 18.9 Å². The number of ether oxygens (including phenoxy) is 4. The highest BCUT2D eigenvalue weighted by atomic mass is 16.5. The third-order valence-electron chi connectivity index (χ3n) is 18.7. The van der Waals surface area contributed by atoms with Crippen LogP contribution in [0.4, 0.5) is 34.1 Å². The van der Waals surface area contributed by atoms with E-state index in [4.69, 9.17) is 18.9 Å². The van der Waals surface area contributed by atoms with Crippen LogP contribution in [0, 0.1) is 0 Å². The Morgan fingerprint density at radius 1 is 0.250 bits per heavy atom. The lowest BCUT2D eigenvalue weighted by Gasteiger charge is -2.46. The highest BCUT2D eigenvalue weighted by Gasteiger charge is 2.52. The Morgan fingerprint density at radius 3 is 1.12 bits per heavy atom. The summed E-state index contributed by atoms with van der Waals surface area (Å²) in [7, 11) is 0. The van der Waals surface area contributed by atoms with E-state index in [0.29, 0.717) is 0 Å². The van der Waals surface area contributed by atoms with Gasteiger partial charge in [0.15, 0.2) is 0 Å². The van der Waals surface area contributed by atoms with E-state index in [1.807, 2.05) is 0 Å². The van der Waals surface area contributed by atoms with E-state index in [0.717, 1.165) is 168 Å². The van der Waals surface area contributed by atoms with Crippen LogP contribution in [0.3, 0.4) is 0 Å². The van der Waals surface area contributed by atoms with E-state index in [1.165, 1.54) is 10.8 Å². The normalized spacial score (nSPS) is 14.0. The molecular weight excluding hydrogens is 1030 g/mol. The standard InChI is InChI=1S/C74H42B3N3O4/c1-3-21-47(22-4-1)78-58-35-33-52-73(83-64-31-15-29-62-71(64)75(52)54-37-43-17-7-9-19-45(43)39-66(54)81-62)69(58)77-68-60(78)41-49(80-56-27-13-11-25-50(56)51-26-12-14-28-57(51)80)42-61(68)79(48-23-5-2-6-24-48)59-36-34-53-74(70(59)77)84-65-32-16-30-63-72(65)76(53)55-38-44-18-8-10-20-46(44)40-67(55)82-63/h1-42H. The predicted molar refractivity (Wildman–Crippen MR) is 345 cm³/mol. The summed E-state index contributed by atoms with van der Waals surface area (Å²) in [5, 5.41) is 7.01. The molecule has 0 spiro atoms. The Bertz CT molecular complexity index is 4960. The van der Waals surface area contributed by atoms with Crippen LogP contribution in [0.25, 0.3) is 49.0 Å². The van der Waals surface area contributed by atoms with Gasteiger partial charge in [0.25, 0.3) is 20.1 Å². The molecule has 0 bridgehead atoms. The van der Waals surface area contributed by atoms with Gasteiger partial charge in [0.2, 0.25) is 0 Å². The number of benzene rings is 13. The molecule has 7 nitrogen and oxygen atoms in total. The fraction of sp³-hybridized carbons (Fsp3) is 0. The van der Waals surface area contributed by atoms with Crippen LogP contribution in [0.2, 0.25) is 0 Å². The molecule has 14 aromatic rings. The molecule has 0 saturated heterocycles. The van der Waals surface area contributed by atoms with Gasteiger partial charge >= 0.3 is 0 Å². The Hall–Kier alpha value is -10.8. The van der Waals surface area contributed by atoms with Gasteiger partial charge < -0.3 is 33.3 Å². The van der Waals surface area contributed by atoms with Gasteiger partial charge in [0.1, 0.15) is 46.0 Å². The fourth-order valence-corrected chi connectivity index (χ4v) is 15.3. The number of aromatic nitrogens is 1. The van der Waals surface area contributed by atoms with Gasteiger partial charge in [-0.3, -0.25) is 0 Å². The number of fused-ring (bicyclic) bond motifs is 19. The van der Waals surface area contributed by atoms with Gasteiger partial charge in [0.05, 0.1) is 16.7 Å². The molecule has 13 aromatic carbocycles. The molecule has 10 heteroatoms. The summed E-state index contributed by atoms with van der Waals surface area (Å²) in [4.78, 5) is 4.99. The first-order valence-electron chi connectivity index (χ1n) is 28.9.